The molecule has 1 aliphatic heterocycles. The van der Waals surface area contributed by atoms with Crippen molar-refractivity contribution in [1.82, 2.24) is 15.5 Å². The quantitative estimate of drug-likeness (QED) is 0.351. The Hall–Kier alpha value is -2.97. The normalized spacial score (nSPS) is 17.1. The molecule has 7 nitrogen and oxygen atoms in total. The van der Waals surface area contributed by atoms with Crippen molar-refractivity contribution >= 4 is 12.0 Å². The van der Waals surface area contributed by atoms with E-state index in [-0.39, 0.29) is 11.8 Å². The van der Waals surface area contributed by atoms with E-state index in [9.17, 15) is 14.7 Å². The second-order valence-electron chi connectivity index (χ2n) is 10.0. The number of aryl methyl sites for hydroxylation is 1. The standard InChI is InChI=1S/C30H42FN3O4/c1-4-22-10-5-11-23(20-22)28-25(13-6-14-26(28)31)30(37,16-9-18-33-29(36)38-3)24-12-8-19-34(21-24)27(35)15-7-17-32-2/h5-6,10-11,13-14,20,24,32,37H,4,7-9,12,15-19,21H2,1-3H3,(H,33,36)/t24-,30?/m1/s1. The van der Waals surface area contributed by atoms with Crippen molar-refractivity contribution in [3.05, 3.63) is 59.4 Å². The van der Waals surface area contributed by atoms with Crippen molar-refractivity contribution < 1.29 is 23.8 Å². The van der Waals surface area contributed by atoms with E-state index in [0.29, 0.717) is 56.4 Å². The van der Waals surface area contributed by atoms with Gasteiger partial charge in [-0.1, -0.05) is 43.3 Å². The van der Waals surface area contributed by atoms with Crippen LogP contribution in [0, 0.1) is 11.7 Å². The molecule has 0 radical (unpaired) electrons. The summed E-state index contributed by atoms with van der Waals surface area (Å²) in [6.07, 6.45) is 3.72. The molecule has 3 rings (SSSR count). The smallest absolute Gasteiger partial charge is 0.406 e. The summed E-state index contributed by atoms with van der Waals surface area (Å²) in [6, 6.07) is 12.6. The number of amides is 2. The Morgan fingerprint density at radius 1 is 1.18 bits per heavy atom. The number of benzene rings is 2. The SMILES string of the molecule is CCc1cccc(-c2c(F)cccc2C(O)(CCCNC(=O)OC)[C@@H]2CCCN(C(=O)CCCNC)C2)c1. The molecule has 0 aliphatic carbocycles. The number of methoxy groups -OCH3 is 1. The van der Waals surface area contributed by atoms with Crippen molar-refractivity contribution in [1.29, 1.82) is 0 Å². The molecule has 208 valence electrons. The van der Waals surface area contributed by atoms with Crippen LogP contribution in [0.15, 0.2) is 42.5 Å². The van der Waals surface area contributed by atoms with Gasteiger partial charge >= 0.3 is 6.09 Å². The predicted octanol–water partition coefficient (Wildman–Crippen LogP) is 4.62. The highest BCUT2D eigenvalue weighted by Gasteiger charge is 2.43. The van der Waals surface area contributed by atoms with E-state index in [1.54, 1.807) is 12.1 Å². The molecule has 1 aliphatic rings. The fourth-order valence-corrected chi connectivity index (χ4v) is 5.47. The molecule has 1 heterocycles. The number of hydrogen-bond acceptors (Lipinski definition) is 5. The fraction of sp³-hybridized carbons (Fsp3) is 0.533. The first-order valence-corrected chi connectivity index (χ1v) is 13.7. The first-order chi connectivity index (χ1) is 18.3. The average Bonchev–Trinajstić information content (AvgIpc) is 2.95. The molecule has 8 heteroatoms. The number of alkyl carbamates (subject to hydrolysis) is 1. The second-order valence-corrected chi connectivity index (χ2v) is 10.0. The Balaban J connectivity index is 1.98. The van der Waals surface area contributed by atoms with Crippen LogP contribution in [0.3, 0.4) is 0 Å². The molecule has 0 spiro atoms. The number of carbonyl (C=O) groups is 2. The highest BCUT2D eigenvalue weighted by Crippen LogP contribution is 2.44. The Kier molecular flexibility index (Phi) is 11.1. The van der Waals surface area contributed by atoms with Gasteiger partial charge in [0.05, 0.1) is 12.7 Å². The minimum atomic E-state index is -1.40. The molecule has 0 saturated carbocycles. The fourth-order valence-electron chi connectivity index (χ4n) is 5.47. The molecule has 1 unspecified atom stereocenters. The number of piperidine rings is 1. The van der Waals surface area contributed by atoms with Crippen molar-refractivity contribution in [3.8, 4) is 11.1 Å². The number of carbonyl (C=O) groups excluding carboxylic acids is 2. The highest BCUT2D eigenvalue weighted by molar-refractivity contribution is 5.76. The van der Waals surface area contributed by atoms with Gasteiger partial charge in [-0.05, 0) is 74.9 Å². The van der Waals surface area contributed by atoms with E-state index >= 15 is 4.39 Å². The zero-order valence-electron chi connectivity index (χ0n) is 22.9. The number of rotatable bonds is 12. The van der Waals surface area contributed by atoms with Gasteiger partial charge in [0.2, 0.25) is 5.91 Å². The lowest BCUT2D eigenvalue weighted by molar-refractivity contribution is -0.136. The first kappa shape index (κ1) is 29.6. The van der Waals surface area contributed by atoms with Gasteiger partial charge in [-0.15, -0.1) is 0 Å². The zero-order chi connectivity index (χ0) is 27.5. The van der Waals surface area contributed by atoms with Crippen LogP contribution in [-0.4, -0.2) is 62.3 Å². The molecule has 38 heavy (non-hydrogen) atoms. The van der Waals surface area contributed by atoms with Crippen LogP contribution in [0.2, 0.25) is 0 Å². The molecule has 2 atom stereocenters. The van der Waals surface area contributed by atoms with Crippen LogP contribution in [-0.2, 0) is 21.6 Å². The summed E-state index contributed by atoms with van der Waals surface area (Å²) >= 11 is 0. The van der Waals surface area contributed by atoms with Crippen LogP contribution in [0.25, 0.3) is 11.1 Å². The van der Waals surface area contributed by atoms with E-state index in [1.165, 1.54) is 13.2 Å². The third-order valence-electron chi connectivity index (χ3n) is 7.56. The lowest BCUT2D eigenvalue weighted by atomic mass is 9.72. The number of likely N-dealkylation sites (tertiary alicyclic amines) is 1. The molecule has 2 aromatic rings. The van der Waals surface area contributed by atoms with Crippen molar-refractivity contribution in [2.45, 2.75) is 57.5 Å². The summed E-state index contributed by atoms with van der Waals surface area (Å²) < 4.78 is 20.2. The van der Waals surface area contributed by atoms with Crippen LogP contribution < -0.4 is 10.6 Å². The topological polar surface area (TPSA) is 90.9 Å². The van der Waals surface area contributed by atoms with Gasteiger partial charge in [0, 0.05) is 37.5 Å². The maximum Gasteiger partial charge on any atom is 0.406 e. The third kappa shape index (κ3) is 7.32. The number of halogens is 1. The molecule has 0 aromatic heterocycles. The Bertz CT molecular complexity index is 1080. The minimum Gasteiger partial charge on any atom is -0.453 e. The Labute approximate surface area is 225 Å². The number of ether oxygens (including phenoxy) is 1. The van der Waals surface area contributed by atoms with Gasteiger partial charge < -0.3 is 25.4 Å². The number of hydrogen-bond donors (Lipinski definition) is 3. The van der Waals surface area contributed by atoms with Gasteiger partial charge in [0.25, 0.3) is 0 Å². The summed E-state index contributed by atoms with van der Waals surface area (Å²) in [6.45, 7) is 4.19. The van der Waals surface area contributed by atoms with Gasteiger partial charge in [-0.25, -0.2) is 9.18 Å². The molecular formula is C30H42FN3O4. The van der Waals surface area contributed by atoms with E-state index in [2.05, 4.69) is 22.3 Å². The maximum absolute atomic E-state index is 15.5. The Morgan fingerprint density at radius 2 is 1.97 bits per heavy atom. The molecule has 1 fully saturated rings. The average molecular weight is 528 g/mol. The molecular weight excluding hydrogens is 485 g/mol. The van der Waals surface area contributed by atoms with Crippen LogP contribution >= 0.6 is 0 Å². The summed E-state index contributed by atoms with van der Waals surface area (Å²) in [5, 5.41) is 18.2. The molecule has 2 aromatic carbocycles. The van der Waals surface area contributed by atoms with Gasteiger partial charge in [0.15, 0.2) is 0 Å². The van der Waals surface area contributed by atoms with E-state index < -0.39 is 17.5 Å². The molecule has 1 saturated heterocycles. The lowest BCUT2D eigenvalue weighted by Crippen LogP contribution is -2.48. The summed E-state index contributed by atoms with van der Waals surface area (Å²) in [4.78, 5) is 26.4. The van der Waals surface area contributed by atoms with Crippen LogP contribution in [0.4, 0.5) is 9.18 Å². The second kappa shape index (κ2) is 14.3. The summed E-state index contributed by atoms with van der Waals surface area (Å²) in [7, 11) is 3.17. The lowest BCUT2D eigenvalue weighted by Gasteiger charge is -2.43. The minimum absolute atomic E-state index is 0.0785. The number of aliphatic hydroxyl groups is 1. The van der Waals surface area contributed by atoms with Crippen molar-refractivity contribution in [2.75, 3.05) is 40.3 Å². The first-order valence-electron chi connectivity index (χ1n) is 13.7. The molecule has 2 amide bonds. The summed E-state index contributed by atoms with van der Waals surface area (Å²) in [5.41, 5.74) is 1.32. The van der Waals surface area contributed by atoms with Crippen molar-refractivity contribution in [3.63, 3.8) is 0 Å². The van der Waals surface area contributed by atoms with E-state index in [4.69, 9.17) is 0 Å². The summed E-state index contributed by atoms with van der Waals surface area (Å²) in [5.74, 6) is -0.593. The molecule has 0 bridgehead atoms. The van der Waals surface area contributed by atoms with E-state index in [0.717, 1.165) is 36.9 Å². The highest BCUT2D eigenvalue weighted by atomic mass is 19.1. The maximum atomic E-state index is 15.5. The van der Waals surface area contributed by atoms with Crippen LogP contribution in [0.5, 0.6) is 0 Å². The molecule has 3 N–H and O–H groups in total. The van der Waals surface area contributed by atoms with Gasteiger partial charge in [0.1, 0.15) is 5.82 Å². The largest absolute Gasteiger partial charge is 0.453 e. The third-order valence-corrected chi connectivity index (χ3v) is 7.56. The monoisotopic (exact) mass is 527 g/mol. The number of nitrogens with zero attached hydrogens (tertiary/aromatic N) is 1. The van der Waals surface area contributed by atoms with Crippen molar-refractivity contribution in [2.24, 2.45) is 5.92 Å². The number of nitrogens with one attached hydrogen (secondary N) is 2. The van der Waals surface area contributed by atoms with Gasteiger partial charge in [-0.3, -0.25) is 4.79 Å². The zero-order valence-corrected chi connectivity index (χ0v) is 22.9. The van der Waals surface area contributed by atoms with Crippen LogP contribution in [0.1, 0.15) is 56.6 Å². The van der Waals surface area contributed by atoms with E-state index in [1.807, 2.05) is 36.2 Å². The Morgan fingerprint density at radius 3 is 2.71 bits per heavy atom. The van der Waals surface area contributed by atoms with Gasteiger partial charge in [-0.2, -0.15) is 0 Å². The predicted molar refractivity (Wildman–Crippen MR) is 147 cm³/mol.